The summed E-state index contributed by atoms with van der Waals surface area (Å²) < 4.78 is 0. The van der Waals surface area contributed by atoms with E-state index in [1.54, 1.807) is 0 Å². The average molecular weight is 187 g/mol. The van der Waals surface area contributed by atoms with Crippen molar-refractivity contribution in [3.63, 3.8) is 0 Å². The number of amides is 1. The third-order valence-corrected chi connectivity index (χ3v) is 2.11. The van der Waals surface area contributed by atoms with Gasteiger partial charge >= 0.3 is 0 Å². The number of hydrogen-bond donors (Lipinski definition) is 1. The molecular weight excluding hydrogens is 174 g/mol. The SMILES string of the molecule is CCCc1nnc(NC(C)=O)s1.[HH]. The zero-order valence-electron chi connectivity index (χ0n) is 7.13. The summed E-state index contributed by atoms with van der Waals surface area (Å²) in [5.74, 6) is -0.103. The minimum Gasteiger partial charge on any atom is -0.301 e. The standard InChI is InChI=1S/C7H11N3OS.H2/c1-3-4-6-9-10-7(12-6)8-5(2)11;/h3-4H2,1-2H3,(H,8,10,11);1H. The summed E-state index contributed by atoms with van der Waals surface area (Å²) in [6.07, 6.45) is 1.98. The maximum atomic E-state index is 10.6. The minimum atomic E-state index is -0.103. The summed E-state index contributed by atoms with van der Waals surface area (Å²) in [6, 6.07) is 0. The van der Waals surface area contributed by atoms with E-state index >= 15 is 0 Å². The van der Waals surface area contributed by atoms with Crippen LogP contribution in [0.2, 0.25) is 0 Å². The smallest absolute Gasteiger partial charge is 0.223 e. The molecule has 5 heteroatoms. The normalized spacial score (nSPS) is 9.83. The van der Waals surface area contributed by atoms with Gasteiger partial charge in [0.15, 0.2) is 0 Å². The molecule has 0 spiro atoms. The highest BCUT2D eigenvalue weighted by atomic mass is 32.1. The van der Waals surface area contributed by atoms with E-state index in [1.807, 2.05) is 0 Å². The second kappa shape index (κ2) is 4.15. The number of aromatic nitrogens is 2. The Morgan fingerprint density at radius 2 is 2.42 bits per heavy atom. The summed E-state index contributed by atoms with van der Waals surface area (Å²) >= 11 is 1.43. The van der Waals surface area contributed by atoms with Crippen LogP contribution in [0.5, 0.6) is 0 Å². The van der Waals surface area contributed by atoms with Gasteiger partial charge in [0.2, 0.25) is 11.0 Å². The third kappa shape index (κ3) is 2.58. The Balaban J connectivity index is 0.00000144. The fraction of sp³-hybridized carbons (Fsp3) is 0.571. The van der Waals surface area contributed by atoms with Gasteiger partial charge in [-0.05, 0) is 6.42 Å². The van der Waals surface area contributed by atoms with Crippen LogP contribution in [-0.4, -0.2) is 16.1 Å². The van der Waals surface area contributed by atoms with Crippen LogP contribution in [-0.2, 0) is 11.2 Å². The Kier molecular flexibility index (Phi) is 3.16. The molecule has 0 radical (unpaired) electrons. The molecule has 0 saturated carbocycles. The Morgan fingerprint density at radius 3 is 3.00 bits per heavy atom. The molecule has 0 fully saturated rings. The van der Waals surface area contributed by atoms with Crippen molar-refractivity contribution < 1.29 is 6.22 Å². The van der Waals surface area contributed by atoms with E-state index in [-0.39, 0.29) is 7.33 Å². The van der Waals surface area contributed by atoms with Crippen LogP contribution in [0.4, 0.5) is 5.13 Å². The van der Waals surface area contributed by atoms with Crippen molar-refractivity contribution in [3.8, 4) is 0 Å². The molecule has 1 heterocycles. The monoisotopic (exact) mass is 187 g/mol. The van der Waals surface area contributed by atoms with Crippen LogP contribution in [0.3, 0.4) is 0 Å². The van der Waals surface area contributed by atoms with Gasteiger partial charge < -0.3 is 5.32 Å². The second-order valence-corrected chi connectivity index (χ2v) is 3.49. The number of nitrogens with zero attached hydrogens (tertiary/aromatic N) is 2. The van der Waals surface area contributed by atoms with Crippen molar-refractivity contribution in [3.05, 3.63) is 5.01 Å². The van der Waals surface area contributed by atoms with Gasteiger partial charge in [-0.15, -0.1) is 10.2 Å². The molecule has 0 saturated heterocycles. The molecular formula is C7H13N3OS. The maximum absolute atomic E-state index is 10.6. The molecule has 68 valence electrons. The van der Waals surface area contributed by atoms with Gasteiger partial charge in [-0.3, -0.25) is 4.79 Å². The highest BCUT2D eigenvalue weighted by molar-refractivity contribution is 7.15. The molecule has 0 bridgehead atoms. The van der Waals surface area contributed by atoms with Crippen LogP contribution >= 0.6 is 11.3 Å². The summed E-state index contributed by atoms with van der Waals surface area (Å²) in [4.78, 5) is 10.6. The molecule has 0 aromatic carbocycles. The van der Waals surface area contributed by atoms with Gasteiger partial charge in [-0.2, -0.15) is 0 Å². The first kappa shape index (κ1) is 9.12. The quantitative estimate of drug-likeness (QED) is 0.783. The molecule has 4 nitrogen and oxygen atoms in total. The van der Waals surface area contributed by atoms with Crippen molar-refractivity contribution in [1.29, 1.82) is 0 Å². The molecule has 0 aliphatic heterocycles. The molecule has 0 aliphatic rings. The molecule has 1 N–H and O–H groups in total. The maximum Gasteiger partial charge on any atom is 0.223 e. The molecule has 12 heavy (non-hydrogen) atoms. The number of aryl methyl sites for hydroxylation is 1. The molecule has 0 unspecified atom stereocenters. The molecule has 1 amide bonds. The fourth-order valence-electron chi connectivity index (χ4n) is 0.770. The molecule has 1 aromatic heterocycles. The Hall–Kier alpha value is -0.970. The van der Waals surface area contributed by atoms with E-state index in [2.05, 4.69) is 22.4 Å². The highest BCUT2D eigenvalue weighted by Crippen LogP contribution is 2.15. The number of rotatable bonds is 3. The lowest BCUT2D eigenvalue weighted by Crippen LogP contribution is -2.04. The van der Waals surface area contributed by atoms with E-state index in [1.165, 1.54) is 18.3 Å². The summed E-state index contributed by atoms with van der Waals surface area (Å²) in [5, 5.41) is 11.9. The summed E-state index contributed by atoms with van der Waals surface area (Å²) in [5.41, 5.74) is 0. The highest BCUT2D eigenvalue weighted by Gasteiger charge is 2.03. The van der Waals surface area contributed by atoms with Gasteiger partial charge in [-0.1, -0.05) is 18.3 Å². The number of carbonyl (C=O) groups is 1. The van der Waals surface area contributed by atoms with E-state index in [9.17, 15) is 4.79 Å². The van der Waals surface area contributed by atoms with Crippen molar-refractivity contribution in [2.45, 2.75) is 26.7 Å². The topological polar surface area (TPSA) is 54.9 Å². The van der Waals surface area contributed by atoms with Gasteiger partial charge in [0, 0.05) is 14.8 Å². The first-order chi connectivity index (χ1) is 5.72. The Bertz CT molecular complexity index is 276. The van der Waals surface area contributed by atoms with Gasteiger partial charge in [0.1, 0.15) is 5.01 Å². The lowest BCUT2D eigenvalue weighted by molar-refractivity contribution is -0.114. The zero-order valence-corrected chi connectivity index (χ0v) is 7.94. The van der Waals surface area contributed by atoms with Crippen LogP contribution in [0.25, 0.3) is 0 Å². The number of anilines is 1. The lowest BCUT2D eigenvalue weighted by atomic mass is 10.4. The summed E-state index contributed by atoms with van der Waals surface area (Å²) in [7, 11) is 0. The molecule has 1 aromatic rings. The van der Waals surface area contributed by atoms with Crippen LogP contribution < -0.4 is 5.32 Å². The van der Waals surface area contributed by atoms with E-state index in [0.29, 0.717) is 5.13 Å². The van der Waals surface area contributed by atoms with Crippen molar-refractivity contribution in [1.82, 2.24) is 10.2 Å². The largest absolute Gasteiger partial charge is 0.301 e. The van der Waals surface area contributed by atoms with Gasteiger partial charge in [0.05, 0.1) is 0 Å². The van der Waals surface area contributed by atoms with Crippen molar-refractivity contribution >= 4 is 22.4 Å². The number of hydrogen-bond acceptors (Lipinski definition) is 4. The second-order valence-electron chi connectivity index (χ2n) is 2.43. The average Bonchev–Trinajstić information content (AvgIpc) is 2.36. The fourth-order valence-corrected chi connectivity index (χ4v) is 1.66. The lowest BCUT2D eigenvalue weighted by Gasteiger charge is -1.90. The number of carbonyl (C=O) groups excluding carboxylic acids is 1. The third-order valence-electron chi connectivity index (χ3n) is 1.21. The van der Waals surface area contributed by atoms with Crippen molar-refractivity contribution in [2.75, 3.05) is 5.32 Å². The van der Waals surface area contributed by atoms with Gasteiger partial charge in [-0.25, -0.2) is 0 Å². The van der Waals surface area contributed by atoms with Gasteiger partial charge in [0.25, 0.3) is 0 Å². The Labute approximate surface area is 76.5 Å². The van der Waals surface area contributed by atoms with Crippen LogP contribution in [0.1, 0.15) is 26.7 Å². The predicted octanol–water partition coefficient (Wildman–Crippen LogP) is 1.70. The predicted molar refractivity (Wildman–Crippen MR) is 50.3 cm³/mol. The zero-order chi connectivity index (χ0) is 8.97. The Morgan fingerprint density at radius 1 is 1.67 bits per heavy atom. The summed E-state index contributed by atoms with van der Waals surface area (Å²) in [6.45, 7) is 3.54. The van der Waals surface area contributed by atoms with Crippen LogP contribution in [0, 0.1) is 0 Å². The molecule has 1 rings (SSSR count). The van der Waals surface area contributed by atoms with Crippen molar-refractivity contribution in [2.24, 2.45) is 0 Å². The minimum absolute atomic E-state index is 0. The molecule has 0 aliphatic carbocycles. The first-order valence-corrected chi connectivity index (χ1v) is 4.64. The molecule has 0 atom stereocenters. The van der Waals surface area contributed by atoms with E-state index < -0.39 is 0 Å². The first-order valence-electron chi connectivity index (χ1n) is 3.82. The van der Waals surface area contributed by atoms with E-state index in [0.717, 1.165) is 17.8 Å². The van der Waals surface area contributed by atoms with Crippen LogP contribution in [0.15, 0.2) is 0 Å². The number of nitrogens with one attached hydrogen (secondary N) is 1. The van der Waals surface area contributed by atoms with E-state index in [4.69, 9.17) is 0 Å².